The topological polar surface area (TPSA) is 44.4 Å². The van der Waals surface area contributed by atoms with Gasteiger partial charge >= 0.3 is 0 Å². The molecule has 1 rings (SSSR count). The Balaban J connectivity index is 2.13. The number of piperazine rings is 1. The van der Waals surface area contributed by atoms with Crippen LogP contribution in [0.3, 0.4) is 0 Å². The standard InChI is InChI=1S/C11H23N3O/c1-3-4-5-13-11(15)8-10-9-14(2)7-6-12-10/h10,12H,3-9H2,1-2H3,(H,13,15). The van der Waals surface area contributed by atoms with Crippen LogP contribution in [-0.4, -0.2) is 50.1 Å². The van der Waals surface area contributed by atoms with Gasteiger partial charge < -0.3 is 15.5 Å². The van der Waals surface area contributed by atoms with Gasteiger partial charge in [0.15, 0.2) is 0 Å². The molecule has 0 saturated carbocycles. The zero-order valence-electron chi connectivity index (χ0n) is 9.88. The average Bonchev–Trinajstić information content (AvgIpc) is 2.18. The van der Waals surface area contributed by atoms with E-state index < -0.39 is 0 Å². The van der Waals surface area contributed by atoms with Crippen molar-refractivity contribution in [1.82, 2.24) is 15.5 Å². The number of hydrogen-bond acceptors (Lipinski definition) is 3. The molecule has 88 valence electrons. The quantitative estimate of drug-likeness (QED) is 0.641. The maximum absolute atomic E-state index is 11.5. The lowest BCUT2D eigenvalue weighted by Crippen LogP contribution is -2.50. The monoisotopic (exact) mass is 213 g/mol. The molecule has 0 radical (unpaired) electrons. The normalized spacial score (nSPS) is 22.7. The minimum Gasteiger partial charge on any atom is -0.356 e. The fraction of sp³-hybridized carbons (Fsp3) is 0.909. The SMILES string of the molecule is CCCCNC(=O)CC1CN(C)CCN1. The summed E-state index contributed by atoms with van der Waals surface area (Å²) in [6, 6.07) is 0.324. The molecule has 1 fully saturated rings. The summed E-state index contributed by atoms with van der Waals surface area (Å²) in [6.07, 6.45) is 2.81. The molecule has 1 heterocycles. The van der Waals surface area contributed by atoms with Crippen molar-refractivity contribution >= 4 is 5.91 Å². The van der Waals surface area contributed by atoms with Gasteiger partial charge in [0, 0.05) is 38.6 Å². The molecular formula is C11H23N3O. The van der Waals surface area contributed by atoms with Crippen LogP contribution in [0.1, 0.15) is 26.2 Å². The Morgan fingerprint density at radius 2 is 2.40 bits per heavy atom. The summed E-state index contributed by atoms with van der Waals surface area (Å²) in [5.74, 6) is 0.177. The molecule has 1 unspecified atom stereocenters. The minimum absolute atomic E-state index is 0.177. The van der Waals surface area contributed by atoms with Crippen LogP contribution in [-0.2, 0) is 4.79 Å². The number of hydrogen-bond donors (Lipinski definition) is 2. The van der Waals surface area contributed by atoms with Crippen LogP contribution in [0.15, 0.2) is 0 Å². The summed E-state index contributed by atoms with van der Waals surface area (Å²) in [5, 5.41) is 6.32. The second kappa shape index (κ2) is 6.80. The number of carbonyl (C=O) groups excluding carboxylic acids is 1. The predicted octanol–water partition coefficient (Wildman–Crippen LogP) is 0.196. The molecule has 0 spiro atoms. The highest BCUT2D eigenvalue weighted by atomic mass is 16.1. The molecule has 1 aliphatic rings. The molecule has 4 heteroatoms. The largest absolute Gasteiger partial charge is 0.356 e. The summed E-state index contributed by atoms with van der Waals surface area (Å²) in [6.45, 7) is 5.99. The summed E-state index contributed by atoms with van der Waals surface area (Å²) < 4.78 is 0. The summed E-state index contributed by atoms with van der Waals surface area (Å²) >= 11 is 0. The molecule has 0 aromatic rings. The van der Waals surface area contributed by atoms with Crippen LogP contribution >= 0.6 is 0 Å². The van der Waals surface area contributed by atoms with Crippen molar-refractivity contribution in [2.45, 2.75) is 32.2 Å². The van der Waals surface area contributed by atoms with E-state index >= 15 is 0 Å². The molecule has 1 amide bonds. The van der Waals surface area contributed by atoms with Gasteiger partial charge in [-0.15, -0.1) is 0 Å². The predicted molar refractivity (Wildman–Crippen MR) is 61.8 cm³/mol. The van der Waals surface area contributed by atoms with Crippen LogP contribution in [0.2, 0.25) is 0 Å². The Kier molecular flexibility index (Phi) is 5.65. The molecule has 1 atom stereocenters. The Bertz CT molecular complexity index is 196. The second-order valence-electron chi connectivity index (χ2n) is 4.32. The van der Waals surface area contributed by atoms with Gasteiger partial charge in [-0.25, -0.2) is 0 Å². The van der Waals surface area contributed by atoms with Crippen molar-refractivity contribution in [3.8, 4) is 0 Å². The summed E-state index contributed by atoms with van der Waals surface area (Å²) in [4.78, 5) is 13.8. The minimum atomic E-state index is 0.177. The third-order valence-corrected chi connectivity index (χ3v) is 2.74. The highest BCUT2D eigenvalue weighted by Gasteiger charge is 2.18. The van der Waals surface area contributed by atoms with Crippen molar-refractivity contribution in [1.29, 1.82) is 0 Å². The van der Waals surface area contributed by atoms with Gasteiger partial charge in [-0.1, -0.05) is 13.3 Å². The van der Waals surface area contributed by atoms with E-state index in [1.165, 1.54) is 0 Å². The van der Waals surface area contributed by atoms with E-state index in [2.05, 4.69) is 29.5 Å². The number of carbonyl (C=O) groups is 1. The number of nitrogens with zero attached hydrogens (tertiary/aromatic N) is 1. The first-order valence-corrected chi connectivity index (χ1v) is 5.91. The number of amides is 1. The summed E-state index contributed by atoms with van der Waals surface area (Å²) in [5.41, 5.74) is 0. The molecule has 15 heavy (non-hydrogen) atoms. The first kappa shape index (κ1) is 12.5. The summed E-state index contributed by atoms with van der Waals surface area (Å²) in [7, 11) is 2.10. The first-order chi connectivity index (χ1) is 7.22. The van der Waals surface area contributed by atoms with Gasteiger partial charge in [0.05, 0.1) is 0 Å². The lowest BCUT2D eigenvalue weighted by molar-refractivity contribution is -0.121. The maximum atomic E-state index is 11.5. The lowest BCUT2D eigenvalue weighted by Gasteiger charge is -2.30. The number of rotatable bonds is 5. The van der Waals surface area contributed by atoms with Gasteiger partial charge in [0.1, 0.15) is 0 Å². The van der Waals surface area contributed by atoms with Gasteiger partial charge in [-0.05, 0) is 13.5 Å². The van der Waals surface area contributed by atoms with Crippen LogP contribution < -0.4 is 10.6 Å². The molecule has 1 aliphatic heterocycles. The van der Waals surface area contributed by atoms with E-state index in [1.54, 1.807) is 0 Å². The molecule has 0 aromatic carbocycles. The van der Waals surface area contributed by atoms with Crippen molar-refractivity contribution in [2.24, 2.45) is 0 Å². The van der Waals surface area contributed by atoms with E-state index in [0.29, 0.717) is 12.5 Å². The molecule has 0 bridgehead atoms. The van der Waals surface area contributed by atoms with Crippen molar-refractivity contribution in [3.63, 3.8) is 0 Å². The van der Waals surface area contributed by atoms with Gasteiger partial charge in [-0.2, -0.15) is 0 Å². The van der Waals surface area contributed by atoms with Gasteiger partial charge in [0.25, 0.3) is 0 Å². The zero-order valence-corrected chi connectivity index (χ0v) is 9.88. The molecule has 1 saturated heterocycles. The third kappa shape index (κ3) is 5.14. The molecule has 0 aliphatic carbocycles. The molecule has 2 N–H and O–H groups in total. The van der Waals surface area contributed by atoms with Crippen LogP contribution in [0.5, 0.6) is 0 Å². The zero-order chi connectivity index (χ0) is 11.1. The lowest BCUT2D eigenvalue weighted by atomic mass is 10.1. The molecule has 4 nitrogen and oxygen atoms in total. The highest BCUT2D eigenvalue weighted by Crippen LogP contribution is 2.00. The van der Waals surface area contributed by atoms with E-state index in [4.69, 9.17) is 0 Å². The van der Waals surface area contributed by atoms with E-state index in [0.717, 1.165) is 39.0 Å². The van der Waals surface area contributed by atoms with E-state index in [1.807, 2.05) is 0 Å². The number of likely N-dealkylation sites (N-methyl/N-ethyl adjacent to an activating group) is 1. The second-order valence-corrected chi connectivity index (χ2v) is 4.32. The fourth-order valence-corrected chi connectivity index (χ4v) is 1.83. The maximum Gasteiger partial charge on any atom is 0.221 e. The Morgan fingerprint density at radius 1 is 1.60 bits per heavy atom. The fourth-order valence-electron chi connectivity index (χ4n) is 1.83. The van der Waals surface area contributed by atoms with Gasteiger partial charge in [0.2, 0.25) is 5.91 Å². The molecule has 0 aromatic heterocycles. The van der Waals surface area contributed by atoms with Crippen molar-refractivity contribution in [3.05, 3.63) is 0 Å². The Morgan fingerprint density at radius 3 is 3.07 bits per heavy atom. The van der Waals surface area contributed by atoms with E-state index in [-0.39, 0.29) is 5.91 Å². The molecular weight excluding hydrogens is 190 g/mol. The van der Waals surface area contributed by atoms with Crippen LogP contribution in [0.25, 0.3) is 0 Å². The third-order valence-electron chi connectivity index (χ3n) is 2.74. The highest BCUT2D eigenvalue weighted by molar-refractivity contribution is 5.76. The smallest absolute Gasteiger partial charge is 0.221 e. The van der Waals surface area contributed by atoms with Crippen molar-refractivity contribution < 1.29 is 4.79 Å². The van der Waals surface area contributed by atoms with Crippen LogP contribution in [0, 0.1) is 0 Å². The number of unbranched alkanes of at least 4 members (excludes halogenated alkanes) is 1. The van der Waals surface area contributed by atoms with Crippen molar-refractivity contribution in [2.75, 3.05) is 33.2 Å². The number of nitrogens with one attached hydrogen (secondary N) is 2. The first-order valence-electron chi connectivity index (χ1n) is 5.91. The average molecular weight is 213 g/mol. The van der Waals surface area contributed by atoms with E-state index in [9.17, 15) is 4.79 Å². The van der Waals surface area contributed by atoms with Crippen LogP contribution in [0.4, 0.5) is 0 Å². The Labute approximate surface area is 92.4 Å². The Hall–Kier alpha value is -0.610. The van der Waals surface area contributed by atoms with Gasteiger partial charge in [-0.3, -0.25) is 4.79 Å².